The third kappa shape index (κ3) is 6.02. The van der Waals surface area contributed by atoms with Gasteiger partial charge in [-0.3, -0.25) is 0 Å². The Morgan fingerprint density at radius 2 is 0.786 bits per heavy atom. The Kier molecular flexibility index (Phi) is 8.43. The summed E-state index contributed by atoms with van der Waals surface area (Å²) in [5, 5.41) is 8.85. The molecule has 326 valence electrons. The molecule has 10 aromatic carbocycles. The Hall–Kier alpha value is -9.17. The summed E-state index contributed by atoms with van der Waals surface area (Å²) in [5.74, 6) is 1.72. The highest BCUT2D eigenvalue weighted by atomic mass is 32.1. The van der Waals surface area contributed by atoms with E-state index in [9.17, 15) is 0 Å². The summed E-state index contributed by atoms with van der Waals surface area (Å²) in [6.07, 6.45) is 0. The molecule has 0 aliphatic heterocycles. The molecule has 0 fully saturated rings. The lowest BCUT2D eigenvalue weighted by molar-refractivity contribution is 0.669. The molecule has 5 heterocycles. The van der Waals surface area contributed by atoms with Gasteiger partial charge in [-0.2, -0.15) is 0 Å². The van der Waals surface area contributed by atoms with Gasteiger partial charge in [-0.15, -0.1) is 11.3 Å². The van der Waals surface area contributed by atoms with Gasteiger partial charge in [0.1, 0.15) is 33.5 Å². The summed E-state index contributed by atoms with van der Waals surface area (Å²) >= 11 is 1.84. The second kappa shape index (κ2) is 15.2. The van der Waals surface area contributed by atoms with Crippen molar-refractivity contribution < 1.29 is 13.3 Å². The van der Waals surface area contributed by atoms with E-state index in [4.69, 9.17) is 28.2 Å². The van der Waals surface area contributed by atoms with Gasteiger partial charge < -0.3 is 13.3 Å². The number of fused-ring (bicyclic) bond motifs is 12. The van der Waals surface area contributed by atoms with Gasteiger partial charge in [0, 0.05) is 74.7 Å². The Morgan fingerprint density at radius 1 is 0.271 bits per heavy atom. The van der Waals surface area contributed by atoms with Crippen LogP contribution in [0.15, 0.2) is 226 Å². The molecular weight excluding hydrogens is 879 g/mol. The zero-order valence-electron chi connectivity index (χ0n) is 37.2. The number of thiophene rings is 1. The van der Waals surface area contributed by atoms with Gasteiger partial charge in [0.25, 0.3) is 0 Å². The predicted octanol–water partition coefficient (Wildman–Crippen LogP) is 17.9. The van der Waals surface area contributed by atoms with Crippen molar-refractivity contribution in [2.24, 2.45) is 0 Å². The first kappa shape index (κ1) is 38.9. The quantitative estimate of drug-likeness (QED) is 0.165. The van der Waals surface area contributed by atoms with Crippen molar-refractivity contribution in [3.8, 4) is 67.5 Å². The smallest absolute Gasteiger partial charge is 0.164 e. The van der Waals surface area contributed by atoms with Crippen LogP contribution in [0.4, 0.5) is 0 Å². The van der Waals surface area contributed by atoms with E-state index < -0.39 is 0 Å². The zero-order chi connectivity index (χ0) is 45.9. The molecule has 0 radical (unpaired) electrons. The average Bonchev–Trinajstić information content (AvgIpc) is 4.21. The molecule has 70 heavy (non-hydrogen) atoms. The number of hydrogen-bond acceptors (Lipinski definition) is 7. The van der Waals surface area contributed by atoms with Crippen LogP contribution in [0.2, 0.25) is 0 Å². The molecule has 0 N–H and O–H groups in total. The molecule has 0 spiro atoms. The van der Waals surface area contributed by atoms with Gasteiger partial charge in [-0.25, -0.2) is 15.0 Å². The van der Waals surface area contributed by atoms with Crippen molar-refractivity contribution in [1.29, 1.82) is 0 Å². The first-order chi connectivity index (χ1) is 34.7. The molecular formula is C63H35N3O3S. The number of rotatable bonds is 6. The van der Waals surface area contributed by atoms with Crippen LogP contribution in [0.25, 0.3) is 154 Å². The van der Waals surface area contributed by atoms with E-state index in [-0.39, 0.29) is 0 Å². The highest BCUT2D eigenvalue weighted by molar-refractivity contribution is 7.25. The molecule has 6 nitrogen and oxygen atoms in total. The van der Waals surface area contributed by atoms with Crippen LogP contribution in [-0.2, 0) is 0 Å². The standard InChI is InChI=1S/C63H35N3O3S/c1-2-12-37(13-3-1)61-64-62(38-28-26-36(27-29-38)43-18-8-19-47-44-14-4-6-21-50(44)69-60(43)47)66-63(65-61)48-20-11-22-52-57(48)49-34-39(31-33-51(49)67-52)41-16-9-23-53-58(41)59-42(17-10-24-54(59)68-53)40-30-32-46-45-15-5-7-25-55(45)70-56(46)35-40/h1-35H. The molecule has 0 unspecified atom stereocenters. The first-order valence-corrected chi connectivity index (χ1v) is 24.1. The molecule has 0 saturated heterocycles. The van der Waals surface area contributed by atoms with Gasteiger partial charge in [0.15, 0.2) is 17.5 Å². The summed E-state index contributed by atoms with van der Waals surface area (Å²) in [4.78, 5) is 15.5. The highest BCUT2D eigenvalue weighted by Gasteiger charge is 2.22. The maximum atomic E-state index is 6.64. The van der Waals surface area contributed by atoms with E-state index in [1.807, 2.05) is 72.0 Å². The minimum Gasteiger partial charge on any atom is -0.456 e. The van der Waals surface area contributed by atoms with Crippen molar-refractivity contribution in [3.63, 3.8) is 0 Å². The van der Waals surface area contributed by atoms with Crippen molar-refractivity contribution in [1.82, 2.24) is 15.0 Å². The monoisotopic (exact) mass is 913 g/mol. The molecule has 7 heteroatoms. The second-order valence-corrected chi connectivity index (χ2v) is 18.9. The largest absolute Gasteiger partial charge is 0.456 e. The fraction of sp³-hybridized carbons (Fsp3) is 0. The van der Waals surface area contributed by atoms with Crippen LogP contribution in [0.1, 0.15) is 0 Å². The summed E-state index contributed by atoms with van der Waals surface area (Å²) < 4.78 is 22.2. The van der Waals surface area contributed by atoms with Crippen LogP contribution in [0.5, 0.6) is 0 Å². The summed E-state index contributed by atoms with van der Waals surface area (Å²) in [6, 6.07) is 73.8. The SMILES string of the molecule is c1ccc(-c2nc(-c3ccc(-c4cccc5c4oc4ccccc45)cc3)nc(-c3cccc4oc5ccc(-c6cccc7oc8cccc(-c9ccc%10c(c9)sc9ccccc9%10)c8c67)cc5c34)n2)cc1. The van der Waals surface area contributed by atoms with E-state index in [1.54, 1.807) is 0 Å². The predicted molar refractivity (Wildman–Crippen MR) is 287 cm³/mol. The van der Waals surface area contributed by atoms with Gasteiger partial charge in [0.05, 0.1) is 0 Å². The van der Waals surface area contributed by atoms with Crippen molar-refractivity contribution in [3.05, 3.63) is 212 Å². The summed E-state index contributed by atoms with van der Waals surface area (Å²) in [7, 11) is 0. The summed E-state index contributed by atoms with van der Waals surface area (Å²) in [5.41, 5.74) is 14.1. The van der Waals surface area contributed by atoms with Gasteiger partial charge in [0.2, 0.25) is 0 Å². The van der Waals surface area contributed by atoms with E-state index in [0.29, 0.717) is 17.5 Å². The average molecular weight is 914 g/mol. The lowest BCUT2D eigenvalue weighted by Gasteiger charge is -2.10. The van der Waals surface area contributed by atoms with Crippen molar-refractivity contribution in [2.45, 2.75) is 0 Å². The Morgan fingerprint density at radius 3 is 1.57 bits per heavy atom. The highest BCUT2D eigenvalue weighted by Crippen LogP contribution is 2.45. The molecule has 15 rings (SSSR count). The normalized spacial score (nSPS) is 12.0. The maximum absolute atomic E-state index is 6.64. The van der Waals surface area contributed by atoms with Gasteiger partial charge >= 0.3 is 0 Å². The second-order valence-electron chi connectivity index (χ2n) is 17.8. The van der Waals surface area contributed by atoms with Crippen LogP contribution in [0.3, 0.4) is 0 Å². The lowest BCUT2D eigenvalue weighted by atomic mass is 9.93. The minimum absolute atomic E-state index is 0.557. The number of para-hydroxylation sites is 2. The number of aromatic nitrogens is 3. The molecule has 0 aliphatic carbocycles. The van der Waals surface area contributed by atoms with E-state index in [0.717, 1.165) is 116 Å². The van der Waals surface area contributed by atoms with Crippen molar-refractivity contribution >= 4 is 97.3 Å². The van der Waals surface area contributed by atoms with Gasteiger partial charge in [-0.1, -0.05) is 164 Å². The van der Waals surface area contributed by atoms with E-state index >= 15 is 0 Å². The third-order valence-electron chi connectivity index (χ3n) is 13.8. The van der Waals surface area contributed by atoms with Crippen LogP contribution in [0, 0.1) is 0 Å². The molecule has 0 bridgehead atoms. The molecule has 0 aliphatic rings. The Labute approximate surface area is 403 Å². The fourth-order valence-corrected chi connectivity index (χ4v) is 11.7. The first-order valence-electron chi connectivity index (χ1n) is 23.3. The maximum Gasteiger partial charge on any atom is 0.164 e. The molecule has 15 aromatic rings. The Balaban J connectivity index is 0.873. The molecule has 5 aromatic heterocycles. The number of hydrogen-bond donors (Lipinski definition) is 0. The van der Waals surface area contributed by atoms with Gasteiger partial charge in [-0.05, 0) is 76.3 Å². The van der Waals surface area contributed by atoms with Crippen LogP contribution in [-0.4, -0.2) is 15.0 Å². The summed E-state index contributed by atoms with van der Waals surface area (Å²) in [6.45, 7) is 0. The zero-order valence-corrected chi connectivity index (χ0v) is 38.0. The van der Waals surface area contributed by atoms with Crippen molar-refractivity contribution in [2.75, 3.05) is 0 Å². The van der Waals surface area contributed by atoms with Crippen LogP contribution < -0.4 is 0 Å². The third-order valence-corrected chi connectivity index (χ3v) is 14.9. The van der Waals surface area contributed by atoms with Crippen LogP contribution >= 0.6 is 11.3 Å². The topological polar surface area (TPSA) is 78.1 Å². The molecule has 0 amide bonds. The molecule has 0 saturated carbocycles. The van der Waals surface area contributed by atoms with E-state index in [1.165, 1.54) is 20.2 Å². The lowest BCUT2D eigenvalue weighted by Crippen LogP contribution is -2.00. The minimum atomic E-state index is 0.557. The van der Waals surface area contributed by atoms with E-state index in [2.05, 4.69) is 152 Å². The number of furan rings is 3. The Bertz CT molecular complexity index is 4600. The molecule has 0 atom stereocenters. The number of nitrogens with zero attached hydrogens (tertiary/aromatic N) is 3. The fourth-order valence-electron chi connectivity index (χ4n) is 10.5. The number of benzene rings is 10.